The zero-order valence-electron chi connectivity index (χ0n) is 8.63. The fourth-order valence-corrected chi connectivity index (χ4v) is 0. The average molecular weight is 200 g/mol. The van der Waals surface area contributed by atoms with Crippen molar-refractivity contribution in [1.82, 2.24) is 0 Å². The van der Waals surface area contributed by atoms with E-state index < -0.39 is 11.4 Å². The first-order chi connectivity index (χ1) is 5.20. The summed E-state index contributed by atoms with van der Waals surface area (Å²) in [6.45, 7) is 0. The van der Waals surface area contributed by atoms with Gasteiger partial charge in [-0.2, -0.15) is 0 Å². The summed E-state index contributed by atoms with van der Waals surface area (Å²) in [5.41, 5.74) is 0. The van der Waals surface area contributed by atoms with Crippen LogP contribution in [-0.4, -0.2) is 55.6 Å². The summed E-state index contributed by atoms with van der Waals surface area (Å²) in [6.07, 6.45) is 0. The molecule has 0 saturated heterocycles. The summed E-state index contributed by atoms with van der Waals surface area (Å²) in [5.74, 6) is 0. The minimum atomic E-state index is -3.11. The van der Waals surface area contributed by atoms with Gasteiger partial charge in [0, 0.05) is 0 Å². The standard InChI is InChI=1S/2C3H9N.H2O3S/c3*1-4(2)3/h2*1-3H3;(H2,1,2,3). The van der Waals surface area contributed by atoms with E-state index in [1.54, 1.807) is 0 Å². The van der Waals surface area contributed by atoms with Gasteiger partial charge >= 0.3 is 0 Å². The molecular weight excluding hydrogens is 180 g/mol. The van der Waals surface area contributed by atoms with Crippen LogP contribution in [-0.2, 0) is 11.4 Å². The first-order valence-corrected chi connectivity index (χ1v) is 4.50. The normalized spacial score (nSPS) is 8.92. The van der Waals surface area contributed by atoms with Gasteiger partial charge in [0.05, 0.1) is 42.3 Å². The summed E-state index contributed by atoms with van der Waals surface area (Å²) in [7, 11) is 12.5. The molecule has 6 heteroatoms. The van der Waals surface area contributed by atoms with Gasteiger partial charge in [-0.3, -0.25) is 4.21 Å². The largest absolute Gasteiger partial charge is 0.784 e. The van der Waals surface area contributed by atoms with Crippen molar-refractivity contribution >= 4 is 11.4 Å². The molecule has 0 aromatic rings. The van der Waals surface area contributed by atoms with E-state index in [0.29, 0.717) is 0 Å². The van der Waals surface area contributed by atoms with E-state index >= 15 is 0 Å². The molecule has 0 aromatic heterocycles. The van der Waals surface area contributed by atoms with Crippen LogP contribution in [0.2, 0.25) is 0 Å². The molecular formula is C6H20N2O3S. The highest BCUT2D eigenvalue weighted by molar-refractivity contribution is 7.72. The minimum absolute atomic E-state index is 1.42. The third-order valence-corrected chi connectivity index (χ3v) is 0. The van der Waals surface area contributed by atoms with Gasteiger partial charge in [-0.1, -0.05) is 0 Å². The molecule has 0 spiro atoms. The summed E-state index contributed by atoms with van der Waals surface area (Å²) < 4.78 is 25.3. The molecule has 12 heavy (non-hydrogen) atoms. The van der Waals surface area contributed by atoms with Crippen molar-refractivity contribution in [2.24, 2.45) is 0 Å². The summed E-state index contributed by atoms with van der Waals surface area (Å²) in [5, 5.41) is 0. The third-order valence-electron chi connectivity index (χ3n) is 0. The molecule has 0 fully saturated rings. The van der Waals surface area contributed by atoms with Crippen LogP contribution in [0.5, 0.6) is 0 Å². The maximum Gasteiger partial charge on any atom is 0.0661 e. The highest BCUT2D eigenvalue weighted by Gasteiger charge is 1.61. The molecule has 0 atom stereocenters. The van der Waals surface area contributed by atoms with E-state index in [4.69, 9.17) is 13.3 Å². The van der Waals surface area contributed by atoms with Gasteiger partial charge in [-0.05, 0) is 0 Å². The Morgan fingerprint density at radius 1 is 0.833 bits per heavy atom. The Bertz CT molecular complexity index is 83.3. The Hall–Kier alpha value is -0.0100. The minimum Gasteiger partial charge on any atom is -0.784 e. The number of rotatable bonds is 0. The lowest BCUT2D eigenvalue weighted by molar-refractivity contribution is -0.836. The summed E-state index contributed by atoms with van der Waals surface area (Å²) in [4.78, 5) is 2.83. The van der Waals surface area contributed by atoms with E-state index in [9.17, 15) is 0 Å². The second-order valence-corrected chi connectivity index (χ2v) is 3.61. The van der Waals surface area contributed by atoms with Gasteiger partial charge in [0.25, 0.3) is 0 Å². The van der Waals surface area contributed by atoms with Crippen LogP contribution in [0.25, 0.3) is 0 Å². The predicted molar refractivity (Wildman–Crippen MR) is 47.2 cm³/mol. The van der Waals surface area contributed by atoms with Crippen LogP contribution < -0.4 is 9.80 Å². The van der Waals surface area contributed by atoms with Gasteiger partial charge in [-0.25, -0.2) is 0 Å². The lowest BCUT2D eigenvalue weighted by Gasteiger charge is -2.03. The fraction of sp³-hybridized carbons (Fsp3) is 1.00. The Balaban J connectivity index is -0.000000101. The molecule has 0 aliphatic heterocycles. The SMILES string of the molecule is C[NH+](C)C.C[NH+](C)C.O=S([O-])[O-]. The fourth-order valence-electron chi connectivity index (χ4n) is 0. The van der Waals surface area contributed by atoms with Gasteiger partial charge in [-0.15, -0.1) is 11.4 Å². The Morgan fingerprint density at radius 2 is 0.833 bits per heavy atom. The summed E-state index contributed by atoms with van der Waals surface area (Å²) in [6, 6.07) is 0. The number of nitrogens with one attached hydrogen (secondary N) is 2. The molecule has 0 radical (unpaired) electrons. The van der Waals surface area contributed by atoms with Gasteiger partial charge in [0.1, 0.15) is 0 Å². The van der Waals surface area contributed by atoms with Crippen LogP contribution in [0, 0.1) is 0 Å². The van der Waals surface area contributed by atoms with Crippen molar-refractivity contribution in [2.45, 2.75) is 0 Å². The number of hydrogen-bond acceptors (Lipinski definition) is 3. The zero-order valence-corrected chi connectivity index (χ0v) is 9.45. The molecule has 2 N–H and O–H groups in total. The van der Waals surface area contributed by atoms with Gasteiger partial charge < -0.3 is 18.9 Å². The van der Waals surface area contributed by atoms with E-state index in [2.05, 4.69) is 42.3 Å². The average Bonchev–Trinajstić information content (AvgIpc) is 1.54. The van der Waals surface area contributed by atoms with Gasteiger partial charge in [0.2, 0.25) is 0 Å². The van der Waals surface area contributed by atoms with Crippen molar-refractivity contribution in [2.75, 3.05) is 42.3 Å². The third kappa shape index (κ3) is 8070000. The van der Waals surface area contributed by atoms with Crippen LogP contribution in [0.15, 0.2) is 0 Å². The quantitative estimate of drug-likeness (QED) is 0.399. The van der Waals surface area contributed by atoms with E-state index in [-0.39, 0.29) is 0 Å². The van der Waals surface area contributed by atoms with Crippen molar-refractivity contribution in [3.63, 3.8) is 0 Å². The second-order valence-electron chi connectivity index (χ2n) is 3.20. The van der Waals surface area contributed by atoms with Crippen LogP contribution in [0.3, 0.4) is 0 Å². The van der Waals surface area contributed by atoms with Crippen molar-refractivity contribution in [1.29, 1.82) is 0 Å². The van der Waals surface area contributed by atoms with Crippen molar-refractivity contribution < 1.29 is 23.1 Å². The molecule has 0 bridgehead atoms. The summed E-state index contributed by atoms with van der Waals surface area (Å²) >= 11 is -3.11. The molecule has 5 nitrogen and oxygen atoms in total. The lowest BCUT2D eigenvalue weighted by atomic mass is 11.0. The van der Waals surface area contributed by atoms with Crippen molar-refractivity contribution in [3.8, 4) is 0 Å². The smallest absolute Gasteiger partial charge is 0.0661 e. The topological polar surface area (TPSA) is 72.1 Å². The molecule has 0 heterocycles. The highest BCUT2D eigenvalue weighted by atomic mass is 32.2. The van der Waals surface area contributed by atoms with E-state index in [1.807, 2.05) is 0 Å². The number of hydrogen-bond donors (Lipinski definition) is 2. The molecule has 0 aliphatic rings. The monoisotopic (exact) mass is 200 g/mol. The first-order valence-electron chi connectivity index (χ1n) is 3.50. The van der Waals surface area contributed by atoms with E-state index in [0.717, 1.165) is 0 Å². The molecule has 0 unspecified atom stereocenters. The van der Waals surface area contributed by atoms with Crippen LogP contribution in [0.1, 0.15) is 0 Å². The predicted octanol–water partition coefficient (Wildman–Crippen LogP) is -3.48. The molecule has 0 aromatic carbocycles. The number of quaternary nitrogens is 2. The first kappa shape index (κ1) is 17.9. The molecule has 78 valence electrons. The molecule has 0 amide bonds. The van der Waals surface area contributed by atoms with Gasteiger partial charge in [0.15, 0.2) is 0 Å². The highest BCUT2D eigenvalue weighted by Crippen LogP contribution is 1.42. The van der Waals surface area contributed by atoms with E-state index in [1.165, 1.54) is 9.80 Å². The molecule has 0 aliphatic carbocycles. The second kappa shape index (κ2) is 13.6. The lowest BCUT2D eigenvalue weighted by Crippen LogP contribution is -3.02. The molecule has 0 rings (SSSR count). The Labute approximate surface area is 77.5 Å². The Kier molecular flexibility index (Phi) is 20.3. The Morgan fingerprint density at radius 3 is 0.833 bits per heavy atom. The van der Waals surface area contributed by atoms with Crippen LogP contribution in [0.4, 0.5) is 0 Å². The maximum absolute atomic E-state index is 8.44. The zero-order chi connectivity index (χ0) is 10.7. The van der Waals surface area contributed by atoms with Crippen LogP contribution >= 0.6 is 0 Å². The van der Waals surface area contributed by atoms with Crippen molar-refractivity contribution in [3.05, 3.63) is 0 Å². The maximum atomic E-state index is 8.44. The molecule has 0 saturated carbocycles.